The van der Waals surface area contributed by atoms with Crippen LogP contribution in [-0.4, -0.2) is 23.9 Å². The highest BCUT2D eigenvalue weighted by Gasteiger charge is 2.36. The molecule has 1 fully saturated rings. The van der Waals surface area contributed by atoms with E-state index in [1.165, 1.54) is 6.42 Å². The van der Waals surface area contributed by atoms with Crippen molar-refractivity contribution >= 4 is 18.3 Å². The largest absolute Gasteiger partial charge is 0.341 e. The number of amides is 1. The van der Waals surface area contributed by atoms with Crippen molar-refractivity contribution in [2.75, 3.05) is 7.05 Å². The first-order valence-electron chi connectivity index (χ1n) is 6.15. The lowest BCUT2D eigenvalue weighted by Crippen LogP contribution is -2.54. The number of hydrogen-bond donors (Lipinski definition) is 1. The first kappa shape index (κ1) is 15.0. The molecule has 100 valence electrons. The number of likely N-dealkylation sites (N-methyl/N-ethyl adjacent to an activating group) is 1. The van der Waals surface area contributed by atoms with Crippen molar-refractivity contribution in [1.82, 2.24) is 4.90 Å². The van der Waals surface area contributed by atoms with Crippen LogP contribution in [0.15, 0.2) is 30.3 Å². The van der Waals surface area contributed by atoms with Crippen LogP contribution < -0.4 is 5.73 Å². The fraction of sp³-hybridized carbons (Fsp3) is 0.500. The smallest absolute Gasteiger partial charge is 0.246 e. The molecule has 1 saturated carbocycles. The minimum Gasteiger partial charge on any atom is -0.341 e. The maximum atomic E-state index is 12.4. The summed E-state index contributed by atoms with van der Waals surface area (Å²) >= 11 is 0. The van der Waals surface area contributed by atoms with Gasteiger partial charge in [-0.15, -0.1) is 12.4 Å². The van der Waals surface area contributed by atoms with Gasteiger partial charge in [0.15, 0.2) is 0 Å². The van der Waals surface area contributed by atoms with Crippen LogP contribution in [0.1, 0.15) is 31.7 Å². The van der Waals surface area contributed by atoms with Crippen LogP contribution in [0, 0.1) is 0 Å². The van der Waals surface area contributed by atoms with Gasteiger partial charge < -0.3 is 10.6 Å². The number of halogens is 1. The van der Waals surface area contributed by atoms with Crippen LogP contribution in [-0.2, 0) is 10.3 Å². The van der Waals surface area contributed by atoms with E-state index in [4.69, 9.17) is 5.73 Å². The number of nitrogens with zero attached hydrogens (tertiary/aromatic N) is 1. The number of carbonyl (C=O) groups excluding carboxylic acids is 1. The maximum Gasteiger partial charge on any atom is 0.246 e. The third kappa shape index (κ3) is 2.68. The summed E-state index contributed by atoms with van der Waals surface area (Å²) in [5, 5.41) is 0. The summed E-state index contributed by atoms with van der Waals surface area (Å²) in [5.41, 5.74) is 6.15. The van der Waals surface area contributed by atoms with E-state index in [9.17, 15) is 4.79 Å². The predicted molar refractivity (Wildman–Crippen MR) is 75.6 cm³/mol. The fourth-order valence-electron chi connectivity index (χ4n) is 2.21. The molecule has 1 unspecified atom stereocenters. The molecule has 1 aromatic carbocycles. The SMILES string of the molecule is CN(C(=O)C(C)(N)c1ccccc1)C1CCC1.Cl. The topological polar surface area (TPSA) is 46.3 Å². The number of benzene rings is 1. The summed E-state index contributed by atoms with van der Waals surface area (Å²) in [4.78, 5) is 14.2. The Labute approximate surface area is 115 Å². The van der Waals surface area contributed by atoms with Crippen molar-refractivity contribution < 1.29 is 4.79 Å². The van der Waals surface area contributed by atoms with E-state index in [1.807, 2.05) is 42.3 Å². The van der Waals surface area contributed by atoms with Gasteiger partial charge in [-0.25, -0.2) is 0 Å². The van der Waals surface area contributed by atoms with Crippen LogP contribution in [0.5, 0.6) is 0 Å². The molecule has 1 aliphatic carbocycles. The van der Waals surface area contributed by atoms with Crippen molar-refractivity contribution in [2.24, 2.45) is 5.73 Å². The zero-order chi connectivity index (χ0) is 12.5. The third-order valence-electron chi connectivity index (χ3n) is 3.76. The van der Waals surface area contributed by atoms with Gasteiger partial charge in [-0.05, 0) is 31.7 Å². The maximum absolute atomic E-state index is 12.4. The van der Waals surface area contributed by atoms with Crippen molar-refractivity contribution in [2.45, 2.75) is 37.8 Å². The molecule has 0 radical (unpaired) electrons. The van der Waals surface area contributed by atoms with Crippen molar-refractivity contribution in [3.8, 4) is 0 Å². The molecule has 0 heterocycles. The van der Waals surface area contributed by atoms with Gasteiger partial charge in [0.2, 0.25) is 5.91 Å². The Morgan fingerprint density at radius 3 is 2.33 bits per heavy atom. The van der Waals surface area contributed by atoms with E-state index in [0.717, 1.165) is 18.4 Å². The first-order chi connectivity index (χ1) is 8.03. The van der Waals surface area contributed by atoms with Gasteiger partial charge in [-0.2, -0.15) is 0 Å². The number of nitrogens with two attached hydrogens (primary N) is 1. The van der Waals surface area contributed by atoms with Crippen LogP contribution in [0.25, 0.3) is 0 Å². The monoisotopic (exact) mass is 268 g/mol. The predicted octanol–water partition coefficient (Wildman–Crippen LogP) is 2.29. The lowest BCUT2D eigenvalue weighted by molar-refractivity contribution is -0.139. The summed E-state index contributed by atoms with van der Waals surface area (Å²) in [6.07, 6.45) is 3.43. The lowest BCUT2D eigenvalue weighted by Gasteiger charge is -2.39. The summed E-state index contributed by atoms with van der Waals surface area (Å²) in [6.45, 7) is 1.79. The molecule has 1 aromatic rings. The normalized spacial score (nSPS) is 18.2. The summed E-state index contributed by atoms with van der Waals surface area (Å²) in [5.74, 6) is 0.00778. The van der Waals surface area contributed by atoms with Crippen molar-refractivity contribution in [1.29, 1.82) is 0 Å². The van der Waals surface area contributed by atoms with Crippen LogP contribution in [0.2, 0.25) is 0 Å². The third-order valence-corrected chi connectivity index (χ3v) is 3.76. The summed E-state index contributed by atoms with van der Waals surface area (Å²) in [7, 11) is 1.86. The summed E-state index contributed by atoms with van der Waals surface area (Å²) in [6, 6.07) is 9.96. The second-order valence-electron chi connectivity index (χ2n) is 5.07. The highest BCUT2D eigenvalue weighted by molar-refractivity contribution is 5.87. The quantitative estimate of drug-likeness (QED) is 0.914. The van der Waals surface area contributed by atoms with Crippen molar-refractivity contribution in [3.63, 3.8) is 0 Å². The second-order valence-corrected chi connectivity index (χ2v) is 5.07. The average Bonchev–Trinajstić information content (AvgIpc) is 2.26. The molecular formula is C14H21ClN2O. The minimum atomic E-state index is -0.925. The Morgan fingerprint density at radius 1 is 1.33 bits per heavy atom. The van der Waals surface area contributed by atoms with Gasteiger partial charge >= 0.3 is 0 Å². The van der Waals surface area contributed by atoms with E-state index in [2.05, 4.69) is 0 Å². The molecule has 4 heteroatoms. The molecule has 18 heavy (non-hydrogen) atoms. The van der Waals surface area contributed by atoms with E-state index in [-0.39, 0.29) is 18.3 Å². The lowest BCUT2D eigenvalue weighted by atomic mass is 9.87. The Hall–Kier alpha value is -1.06. The molecule has 0 saturated heterocycles. The highest BCUT2D eigenvalue weighted by Crippen LogP contribution is 2.27. The van der Waals surface area contributed by atoms with Gasteiger partial charge in [0.05, 0.1) is 0 Å². The fourth-order valence-corrected chi connectivity index (χ4v) is 2.21. The molecule has 0 aliphatic heterocycles. The molecule has 3 nitrogen and oxygen atoms in total. The van der Waals surface area contributed by atoms with E-state index < -0.39 is 5.54 Å². The van der Waals surface area contributed by atoms with Crippen LogP contribution in [0.4, 0.5) is 0 Å². The molecule has 0 spiro atoms. The van der Waals surface area contributed by atoms with E-state index >= 15 is 0 Å². The molecule has 1 aliphatic rings. The molecule has 2 N–H and O–H groups in total. The van der Waals surface area contributed by atoms with Gasteiger partial charge in [0, 0.05) is 13.1 Å². The van der Waals surface area contributed by atoms with Crippen LogP contribution >= 0.6 is 12.4 Å². The second kappa shape index (κ2) is 5.72. The van der Waals surface area contributed by atoms with Gasteiger partial charge in [0.25, 0.3) is 0 Å². The van der Waals surface area contributed by atoms with Gasteiger partial charge in [0.1, 0.15) is 5.54 Å². The molecule has 0 bridgehead atoms. The van der Waals surface area contributed by atoms with Crippen molar-refractivity contribution in [3.05, 3.63) is 35.9 Å². The Morgan fingerprint density at radius 2 is 1.89 bits per heavy atom. The van der Waals surface area contributed by atoms with Crippen LogP contribution in [0.3, 0.4) is 0 Å². The average molecular weight is 269 g/mol. The highest BCUT2D eigenvalue weighted by atomic mass is 35.5. The molecular weight excluding hydrogens is 248 g/mol. The number of rotatable bonds is 3. The van der Waals surface area contributed by atoms with Gasteiger partial charge in [-0.1, -0.05) is 30.3 Å². The standard InChI is InChI=1S/C14H20N2O.ClH/c1-14(15,11-7-4-3-5-8-11)13(17)16(2)12-9-6-10-12;/h3-5,7-8,12H,6,9-10,15H2,1-2H3;1H. The molecule has 1 amide bonds. The minimum absolute atomic E-state index is 0. The molecule has 0 aromatic heterocycles. The Kier molecular flexibility index (Phi) is 4.77. The summed E-state index contributed by atoms with van der Waals surface area (Å²) < 4.78 is 0. The molecule has 1 atom stereocenters. The number of hydrogen-bond acceptors (Lipinski definition) is 2. The molecule has 2 rings (SSSR count). The first-order valence-corrected chi connectivity index (χ1v) is 6.15. The van der Waals surface area contributed by atoms with E-state index in [0.29, 0.717) is 6.04 Å². The van der Waals surface area contributed by atoms with Gasteiger partial charge in [-0.3, -0.25) is 4.79 Å². The zero-order valence-corrected chi connectivity index (χ0v) is 11.7. The van der Waals surface area contributed by atoms with E-state index in [1.54, 1.807) is 6.92 Å². The Bertz CT molecular complexity index is 402. The number of carbonyl (C=O) groups is 1. The Balaban J connectivity index is 0.00000162. The zero-order valence-electron chi connectivity index (χ0n) is 10.9.